The summed E-state index contributed by atoms with van der Waals surface area (Å²) < 4.78 is 9.41. The Morgan fingerprint density at radius 1 is 1.29 bits per heavy atom. The molecule has 1 rings (SSSR count). The summed E-state index contributed by atoms with van der Waals surface area (Å²) in [6, 6.07) is 6.32. The average molecular weight is 237 g/mol. The first-order chi connectivity index (χ1) is 8.02. The fourth-order valence-corrected chi connectivity index (χ4v) is 1.32. The quantitative estimate of drug-likeness (QED) is 0.614. The van der Waals surface area contributed by atoms with Gasteiger partial charge in [-0.3, -0.25) is 4.79 Å². The first-order valence-electron chi connectivity index (χ1n) is 5.13. The third-order valence-electron chi connectivity index (χ3n) is 2.16. The van der Waals surface area contributed by atoms with E-state index >= 15 is 0 Å². The second kappa shape index (κ2) is 6.00. The number of hydrogen-bond donors (Lipinski definition) is 1. The summed E-state index contributed by atoms with van der Waals surface area (Å²) in [6.07, 6.45) is 0.316. The fraction of sp³-hybridized carbons (Fsp3) is 0.333. The maximum absolute atomic E-state index is 11.3. The number of hydrogen-bond acceptors (Lipinski definition) is 5. The number of esters is 2. The molecule has 92 valence electrons. The minimum Gasteiger partial charge on any atom is -0.497 e. The van der Waals surface area contributed by atoms with Crippen molar-refractivity contribution in [2.45, 2.75) is 19.4 Å². The normalized spacial score (nSPS) is 11.7. The first-order valence-corrected chi connectivity index (χ1v) is 5.13. The van der Waals surface area contributed by atoms with E-state index in [1.165, 1.54) is 0 Å². The van der Waals surface area contributed by atoms with Crippen LogP contribution in [0.4, 0.5) is 0 Å². The zero-order valence-corrected chi connectivity index (χ0v) is 9.80. The molecular formula is C12H15NO4. The Hall–Kier alpha value is -1.88. The van der Waals surface area contributed by atoms with Crippen LogP contribution in [-0.4, -0.2) is 25.1 Å². The third-order valence-corrected chi connectivity index (χ3v) is 2.16. The van der Waals surface area contributed by atoms with E-state index in [4.69, 9.17) is 10.5 Å². The third kappa shape index (κ3) is 4.24. The summed E-state index contributed by atoms with van der Waals surface area (Å²) in [4.78, 5) is 21.9. The number of carbonyl (C=O) groups excluding carboxylic acids is 2. The van der Waals surface area contributed by atoms with Crippen LogP contribution in [0, 0.1) is 0 Å². The van der Waals surface area contributed by atoms with Crippen molar-refractivity contribution in [3.05, 3.63) is 29.8 Å². The lowest BCUT2D eigenvalue weighted by atomic mass is 10.1. The van der Waals surface area contributed by atoms with E-state index in [0.29, 0.717) is 6.42 Å². The van der Waals surface area contributed by atoms with Gasteiger partial charge in [0.15, 0.2) is 0 Å². The molecule has 0 heterocycles. The molecule has 0 amide bonds. The lowest BCUT2D eigenvalue weighted by Crippen LogP contribution is -2.35. The van der Waals surface area contributed by atoms with Crippen molar-refractivity contribution in [1.29, 1.82) is 0 Å². The Morgan fingerprint density at radius 3 is 2.35 bits per heavy atom. The van der Waals surface area contributed by atoms with Crippen LogP contribution in [0.5, 0.6) is 5.75 Å². The van der Waals surface area contributed by atoms with E-state index < -0.39 is 18.0 Å². The molecule has 5 heteroatoms. The lowest BCUT2D eigenvalue weighted by molar-refractivity contribution is -0.159. The van der Waals surface area contributed by atoms with Gasteiger partial charge >= 0.3 is 11.9 Å². The van der Waals surface area contributed by atoms with Crippen molar-refractivity contribution in [3.8, 4) is 5.75 Å². The van der Waals surface area contributed by atoms with Crippen molar-refractivity contribution < 1.29 is 19.1 Å². The van der Waals surface area contributed by atoms with Crippen molar-refractivity contribution in [2.24, 2.45) is 5.73 Å². The van der Waals surface area contributed by atoms with Crippen molar-refractivity contribution in [1.82, 2.24) is 0 Å². The van der Waals surface area contributed by atoms with Gasteiger partial charge in [-0.1, -0.05) is 12.1 Å². The van der Waals surface area contributed by atoms with Gasteiger partial charge in [0, 0.05) is 6.92 Å². The molecule has 5 nitrogen and oxygen atoms in total. The summed E-state index contributed by atoms with van der Waals surface area (Å²) in [7, 11) is 1.57. The average Bonchev–Trinajstić information content (AvgIpc) is 2.29. The molecule has 2 N–H and O–H groups in total. The SMILES string of the molecule is COc1ccc(C[C@H](N)C(=O)OC(C)=O)cc1. The van der Waals surface area contributed by atoms with E-state index in [1.807, 2.05) is 0 Å². The molecule has 1 aromatic carbocycles. The molecular weight excluding hydrogens is 222 g/mol. The standard InChI is InChI=1S/C12H15NO4/c1-8(14)17-12(15)11(13)7-9-3-5-10(16-2)6-4-9/h3-6,11H,7,13H2,1-2H3/t11-/m0/s1. The van der Waals surface area contributed by atoms with Crippen LogP contribution >= 0.6 is 0 Å². The first kappa shape index (κ1) is 13.2. The molecule has 17 heavy (non-hydrogen) atoms. The van der Waals surface area contributed by atoms with E-state index in [0.717, 1.165) is 18.2 Å². The highest BCUT2D eigenvalue weighted by Gasteiger charge is 2.17. The van der Waals surface area contributed by atoms with E-state index in [2.05, 4.69) is 4.74 Å². The maximum atomic E-state index is 11.3. The minimum absolute atomic E-state index is 0.316. The Morgan fingerprint density at radius 2 is 1.88 bits per heavy atom. The zero-order valence-electron chi connectivity index (χ0n) is 9.80. The number of ether oxygens (including phenoxy) is 2. The highest BCUT2D eigenvalue weighted by atomic mass is 16.6. The van der Waals surface area contributed by atoms with Gasteiger partial charge in [-0.2, -0.15) is 0 Å². The van der Waals surface area contributed by atoms with Gasteiger partial charge in [0.1, 0.15) is 11.8 Å². The fourth-order valence-electron chi connectivity index (χ4n) is 1.32. The molecule has 0 aliphatic carbocycles. The van der Waals surface area contributed by atoms with Crippen LogP contribution in [0.2, 0.25) is 0 Å². The van der Waals surface area contributed by atoms with Gasteiger partial charge in [-0.05, 0) is 24.1 Å². The number of rotatable bonds is 4. The topological polar surface area (TPSA) is 78.6 Å². The number of nitrogens with two attached hydrogens (primary N) is 1. The molecule has 0 aliphatic heterocycles. The molecule has 1 atom stereocenters. The van der Waals surface area contributed by atoms with Crippen LogP contribution in [0.1, 0.15) is 12.5 Å². The molecule has 0 bridgehead atoms. The predicted octanol–water partition coefficient (Wildman–Crippen LogP) is 0.655. The largest absolute Gasteiger partial charge is 0.497 e. The summed E-state index contributed by atoms with van der Waals surface area (Å²) in [5, 5.41) is 0. The molecule has 0 saturated heterocycles. The summed E-state index contributed by atoms with van der Waals surface area (Å²) in [6.45, 7) is 1.16. The Bertz CT molecular complexity index is 399. The summed E-state index contributed by atoms with van der Waals surface area (Å²) >= 11 is 0. The van der Waals surface area contributed by atoms with Gasteiger partial charge in [-0.25, -0.2) is 4.79 Å². The highest BCUT2D eigenvalue weighted by Crippen LogP contribution is 2.12. The van der Waals surface area contributed by atoms with Gasteiger partial charge < -0.3 is 15.2 Å². The minimum atomic E-state index is -0.840. The highest BCUT2D eigenvalue weighted by molar-refractivity contribution is 5.87. The van der Waals surface area contributed by atoms with Gasteiger partial charge in [-0.15, -0.1) is 0 Å². The smallest absolute Gasteiger partial charge is 0.330 e. The zero-order chi connectivity index (χ0) is 12.8. The lowest BCUT2D eigenvalue weighted by Gasteiger charge is -2.09. The van der Waals surface area contributed by atoms with Crippen molar-refractivity contribution >= 4 is 11.9 Å². The second-order valence-corrected chi connectivity index (χ2v) is 3.57. The van der Waals surface area contributed by atoms with Crippen LogP contribution in [0.25, 0.3) is 0 Å². The van der Waals surface area contributed by atoms with Gasteiger partial charge in [0.2, 0.25) is 0 Å². The monoisotopic (exact) mass is 237 g/mol. The molecule has 0 saturated carbocycles. The number of methoxy groups -OCH3 is 1. The Kier molecular flexibility index (Phi) is 4.66. The van der Waals surface area contributed by atoms with Crippen LogP contribution < -0.4 is 10.5 Å². The predicted molar refractivity (Wildman–Crippen MR) is 61.4 cm³/mol. The Balaban J connectivity index is 2.57. The van der Waals surface area contributed by atoms with E-state index in [-0.39, 0.29) is 0 Å². The van der Waals surface area contributed by atoms with Crippen molar-refractivity contribution in [3.63, 3.8) is 0 Å². The molecule has 0 aliphatic rings. The van der Waals surface area contributed by atoms with E-state index in [9.17, 15) is 9.59 Å². The van der Waals surface area contributed by atoms with Crippen LogP contribution in [-0.2, 0) is 20.7 Å². The molecule has 0 radical (unpaired) electrons. The summed E-state index contributed by atoms with van der Waals surface area (Å²) in [5.74, 6) is -0.637. The molecule has 1 aromatic rings. The molecule has 0 spiro atoms. The number of carbonyl (C=O) groups is 2. The van der Waals surface area contributed by atoms with Crippen LogP contribution in [0.3, 0.4) is 0 Å². The molecule has 0 aromatic heterocycles. The van der Waals surface area contributed by atoms with Crippen LogP contribution in [0.15, 0.2) is 24.3 Å². The molecule has 0 unspecified atom stereocenters. The van der Waals surface area contributed by atoms with Gasteiger partial charge in [0.25, 0.3) is 0 Å². The van der Waals surface area contributed by atoms with Crippen molar-refractivity contribution in [2.75, 3.05) is 7.11 Å². The maximum Gasteiger partial charge on any atom is 0.330 e. The number of benzene rings is 1. The Labute approximate surface area is 99.5 Å². The molecule has 0 fully saturated rings. The van der Waals surface area contributed by atoms with E-state index in [1.54, 1.807) is 31.4 Å². The second-order valence-electron chi connectivity index (χ2n) is 3.57. The summed E-state index contributed by atoms with van der Waals surface area (Å²) in [5.41, 5.74) is 6.48. The van der Waals surface area contributed by atoms with Gasteiger partial charge in [0.05, 0.1) is 7.11 Å².